The maximum atomic E-state index is 13.9. The molecule has 0 saturated carbocycles. The number of sulfonamides is 1. The summed E-state index contributed by atoms with van der Waals surface area (Å²) in [6, 6.07) is 13.9. The Morgan fingerprint density at radius 3 is 2.23 bits per heavy atom. The highest BCUT2D eigenvalue weighted by atomic mass is 32.2. The standard InChI is InChI=1S/C24H29FN2O3S/c25-23-6-2-1-5-22(23)18-31(29,30)27-15-11-20(12-16-27)17-19-7-9-21(10-8-19)24(28)26-13-3-4-14-26/h1-2,5-10,20H,3-4,11-18H2. The van der Waals surface area contributed by atoms with E-state index in [9.17, 15) is 17.6 Å². The van der Waals surface area contributed by atoms with Gasteiger partial charge in [0.05, 0.1) is 5.75 Å². The van der Waals surface area contributed by atoms with Gasteiger partial charge in [0.25, 0.3) is 5.91 Å². The summed E-state index contributed by atoms with van der Waals surface area (Å²) in [7, 11) is -3.53. The van der Waals surface area contributed by atoms with Gasteiger partial charge in [-0.05, 0) is 61.8 Å². The van der Waals surface area contributed by atoms with Crippen molar-refractivity contribution in [2.75, 3.05) is 26.2 Å². The Bertz CT molecular complexity index is 1010. The van der Waals surface area contributed by atoms with E-state index in [2.05, 4.69) is 0 Å². The Morgan fingerprint density at radius 2 is 1.58 bits per heavy atom. The van der Waals surface area contributed by atoms with E-state index in [-0.39, 0.29) is 17.2 Å². The van der Waals surface area contributed by atoms with E-state index in [1.54, 1.807) is 12.1 Å². The fourth-order valence-corrected chi connectivity index (χ4v) is 6.09. The van der Waals surface area contributed by atoms with Crippen molar-refractivity contribution >= 4 is 15.9 Å². The molecule has 2 fully saturated rings. The van der Waals surface area contributed by atoms with Gasteiger partial charge >= 0.3 is 0 Å². The molecule has 4 rings (SSSR count). The summed E-state index contributed by atoms with van der Waals surface area (Å²) < 4.78 is 40.8. The quantitative estimate of drug-likeness (QED) is 0.680. The molecule has 0 aliphatic carbocycles. The van der Waals surface area contributed by atoms with E-state index in [1.165, 1.54) is 22.0 Å². The third-order valence-corrected chi connectivity index (χ3v) is 8.21. The third-order valence-electron chi connectivity index (χ3n) is 6.38. The highest BCUT2D eigenvalue weighted by Gasteiger charge is 2.29. The first kappa shape index (κ1) is 22.0. The molecule has 0 aromatic heterocycles. The molecule has 166 valence electrons. The smallest absolute Gasteiger partial charge is 0.253 e. The molecule has 2 aromatic carbocycles. The third kappa shape index (κ3) is 5.33. The number of likely N-dealkylation sites (tertiary alicyclic amines) is 1. The number of nitrogens with zero attached hydrogens (tertiary/aromatic N) is 2. The number of carbonyl (C=O) groups is 1. The first-order chi connectivity index (χ1) is 14.9. The number of piperidine rings is 1. The Labute approximate surface area is 183 Å². The number of carbonyl (C=O) groups excluding carboxylic acids is 1. The summed E-state index contributed by atoms with van der Waals surface area (Å²) in [6.07, 6.45) is 4.60. The zero-order chi connectivity index (χ0) is 21.8. The van der Waals surface area contributed by atoms with Gasteiger partial charge in [0.1, 0.15) is 5.82 Å². The predicted octanol–water partition coefficient (Wildman–Crippen LogP) is 3.85. The van der Waals surface area contributed by atoms with Crippen molar-refractivity contribution in [3.05, 3.63) is 71.0 Å². The first-order valence-corrected chi connectivity index (χ1v) is 12.6. The minimum absolute atomic E-state index is 0.109. The summed E-state index contributed by atoms with van der Waals surface area (Å²) in [4.78, 5) is 14.4. The molecule has 0 N–H and O–H groups in total. The number of benzene rings is 2. The van der Waals surface area contributed by atoms with E-state index in [0.29, 0.717) is 19.0 Å². The molecule has 0 spiro atoms. The highest BCUT2D eigenvalue weighted by Crippen LogP contribution is 2.25. The Balaban J connectivity index is 1.30. The molecule has 2 heterocycles. The molecule has 2 aliphatic heterocycles. The summed E-state index contributed by atoms with van der Waals surface area (Å²) in [6.45, 7) is 2.62. The minimum Gasteiger partial charge on any atom is -0.339 e. The predicted molar refractivity (Wildman–Crippen MR) is 119 cm³/mol. The maximum absolute atomic E-state index is 13.9. The number of hydrogen-bond acceptors (Lipinski definition) is 3. The Morgan fingerprint density at radius 1 is 0.935 bits per heavy atom. The van der Waals surface area contributed by atoms with E-state index < -0.39 is 15.8 Å². The molecule has 5 nitrogen and oxygen atoms in total. The molecular formula is C24H29FN2O3S. The average molecular weight is 445 g/mol. The maximum Gasteiger partial charge on any atom is 0.253 e. The lowest BCUT2D eigenvalue weighted by molar-refractivity contribution is 0.0793. The van der Waals surface area contributed by atoms with E-state index in [1.807, 2.05) is 29.2 Å². The molecule has 0 unspecified atom stereocenters. The summed E-state index contributed by atoms with van der Waals surface area (Å²) in [5.41, 5.74) is 2.12. The largest absolute Gasteiger partial charge is 0.339 e. The van der Waals surface area contributed by atoms with Gasteiger partial charge in [-0.15, -0.1) is 0 Å². The molecular weight excluding hydrogens is 415 g/mol. The van der Waals surface area contributed by atoms with Crippen molar-refractivity contribution < 1.29 is 17.6 Å². The molecule has 0 atom stereocenters. The van der Waals surface area contributed by atoms with Crippen LogP contribution in [0.3, 0.4) is 0 Å². The van der Waals surface area contributed by atoms with Crippen molar-refractivity contribution in [3.63, 3.8) is 0 Å². The second kappa shape index (κ2) is 9.49. The van der Waals surface area contributed by atoms with Crippen LogP contribution in [0.5, 0.6) is 0 Å². The first-order valence-electron chi connectivity index (χ1n) is 11.0. The van der Waals surface area contributed by atoms with Crippen molar-refractivity contribution in [3.8, 4) is 0 Å². The van der Waals surface area contributed by atoms with Crippen molar-refractivity contribution in [1.82, 2.24) is 9.21 Å². The van der Waals surface area contributed by atoms with Gasteiger partial charge in [-0.25, -0.2) is 17.1 Å². The van der Waals surface area contributed by atoms with Crippen LogP contribution < -0.4 is 0 Å². The molecule has 2 aliphatic rings. The van der Waals surface area contributed by atoms with Crippen LogP contribution in [0.15, 0.2) is 48.5 Å². The number of rotatable bonds is 6. The van der Waals surface area contributed by atoms with Crippen LogP contribution >= 0.6 is 0 Å². The lowest BCUT2D eigenvalue weighted by Crippen LogP contribution is -2.39. The number of halogens is 1. The summed E-state index contributed by atoms with van der Waals surface area (Å²) >= 11 is 0. The highest BCUT2D eigenvalue weighted by molar-refractivity contribution is 7.88. The van der Waals surface area contributed by atoms with Gasteiger partial charge in [-0.2, -0.15) is 0 Å². The van der Waals surface area contributed by atoms with Crippen LogP contribution in [-0.4, -0.2) is 49.7 Å². The van der Waals surface area contributed by atoms with Crippen LogP contribution in [0.25, 0.3) is 0 Å². The molecule has 0 bridgehead atoms. The van der Waals surface area contributed by atoms with Crippen LogP contribution in [0.4, 0.5) is 4.39 Å². The number of amides is 1. The second-order valence-corrected chi connectivity index (χ2v) is 10.6. The van der Waals surface area contributed by atoms with E-state index in [0.717, 1.165) is 50.8 Å². The van der Waals surface area contributed by atoms with Gasteiger partial charge < -0.3 is 4.90 Å². The lowest BCUT2D eigenvalue weighted by atomic mass is 9.90. The van der Waals surface area contributed by atoms with Gasteiger partial charge in [0.2, 0.25) is 10.0 Å². The van der Waals surface area contributed by atoms with Crippen LogP contribution in [0, 0.1) is 11.7 Å². The topological polar surface area (TPSA) is 57.7 Å². The van der Waals surface area contributed by atoms with Crippen LogP contribution in [0.1, 0.15) is 47.2 Å². The minimum atomic E-state index is -3.53. The van der Waals surface area contributed by atoms with Crippen LogP contribution in [0.2, 0.25) is 0 Å². The average Bonchev–Trinajstić information content (AvgIpc) is 3.31. The summed E-state index contributed by atoms with van der Waals surface area (Å²) in [5, 5.41) is 0. The van der Waals surface area contributed by atoms with E-state index in [4.69, 9.17) is 0 Å². The van der Waals surface area contributed by atoms with Crippen LogP contribution in [-0.2, 0) is 22.2 Å². The lowest BCUT2D eigenvalue weighted by Gasteiger charge is -2.31. The normalized spacial score (nSPS) is 18.4. The fourth-order valence-electron chi connectivity index (χ4n) is 4.51. The Kier molecular flexibility index (Phi) is 6.72. The van der Waals surface area contributed by atoms with Gasteiger partial charge in [-0.1, -0.05) is 30.3 Å². The molecule has 2 saturated heterocycles. The molecule has 0 radical (unpaired) electrons. The van der Waals surface area contributed by atoms with Crippen molar-refractivity contribution in [1.29, 1.82) is 0 Å². The molecule has 1 amide bonds. The SMILES string of the molecule is O=C(c1ccc(CC2CCN(S(=O)(=O)Cc3ccccc3F)CC2)cc1)N1CCCC1. The molecule has 2 aromatic rings. The number of hydrogen-bond donors (Lipinski definition) is 0. The van der Waals surface area contributed by atoms with Gasteiger partial charge in [0.15, 0.2) is 0 Å². The summed E-state index contributed by atoms with van der Waals surface area (Å²) in [5.74, 6) is -0.262. The zero-order valence-electron chi connectivity index (χ0n) is 17.7. The van der Waals surface area contributed by atoms with Gasteiger partial charge in [0, 0.05) is 37.3 Å². The van der Waals surface area contributed by atoms with E-state index >= 15 is 0 Å². The Hall–Kier alpha value is -2.25. The molecule has 31 heavy (non-hydrogen) atoms. The second-order valence-electron chi connectivity index (χ2n) is 8.59. The van der Waals surface area contributed by atoms with Gasteiger partial charge in [-0.3, -0.25) is 4.79 Å². The van der Waals surface area contributed by atoms with Crippen molar-refractivity contribution in [2.45, 2.75) is 37.9 Å². The van der Waals surface area contributed by atoms with Crippen molar-refractivity contribution in [2.24, 2.45) is 5.92 Å². The zero-order valence-corrected chi connectivity index (χ0v) is 18.5. The monoisotopic (exact) mass is 444 g/mol. The molecule has 7 heteroatoms. The fraction of sp³-hybridized carbons (Fsp3) is 0.458.